The van der Waals surface area contributed by atoms with E-state index in [1.165, 1.54) is 212 Å². The number of allylic oxidation sites excluding steroid dienone is 3. The fraction of sp³-hybridized carbons (Fsp3) is 0.914. The molecule has 0 radical (unpaired) electrons. The fourth-order valence-corrected chi connectivity index (χ4v) is 9.40. The molecule has 10 heteroatoms. The molecule has 1 heterocycles. The number of carbonyl (C=O) groups excluding carboxylic acids is 1. The predicted molar refractivity (Wildman–Crippen MR) is 283 cm³/mol. The number of amides is 1. The van der Waals surface area contributed by atoms with Crippen LogP contribution in [0.25, 0.3) is 0 Å². The first-order chi connectivity index (χ1) is 33.3. The minimum atomic E-state index is -1.61. The Morgan fingerprint density at radius 3 is 1.24 bits per heavy atom. The minimum absolute atomic E-state index is 0.303. The van der Waals surface area contributed by atoms with Gasteiger partial charge < -0.3 is 45.4 Å². The van der Waals surface area contributed by atoms with Crippen molar-refractivity contribution in [1.82, 2.24) is 5.32 Å². The molecule has 8 unspecified atom stereocenters. The van der Waals surface area contributed by atoms with E-state index in [9.17, 15) is 35.4 Å². The van der Waals surface area contributed by atoms with Crippen molar-refractivity contribution in [3.8, 4) is 0 Å². The second kappa shape index (κ2) is 47.9. The lowest BCUT2D eigenvalue weighted by Gasteiger charge is -2.40. The van der Waals surface area contributed by atoms with Crippen molar-refractivity contribution in [2.75, 3.05) is 13.2 Å². The summed E-state index contributed by atoms with van der Waals surface area (Å²) in [6.45, 7) is 3.64. The summed E-state index contributed by atoms with van der Waals surface area (Å²) in [6.07, 6.45) is 50.0. The van der Waals surface area contributed by atoms with Crippen LogP contribution in [0.5, 0.6) is 0 Å². The molecule has 10 nitrogen and oxygen atoms in total. The number of ether oxygens (including phenoxy) is 2. The van der Waals surface area contributed by atoms with Crippen LogP contribution in [0.1, 0.15) is 277 Å². The molecule has 0 aromatic heterocycles. The Morgan fingerprint density at radius 2 is 0.853 bits per heavy atom. The van der Waals surface area contributed by atoms with Gasteiger partial charge in [0.25, 0.3) is 0 Å². The van der Waals surface area contributed by atoms with Crippen LogP contribution in [-0.4, -0.2) is 98.7 Å². The number of unbranched alkanes of at least 4 members (excludes halogenated alkanes) is 37. The highest BCUT2D eigenvalue weighted by atomic mass is 16.7. The van der Waals surface area contributed by atoms with E-state index in [2.05, 4.69) is 31.3 Å². The largest absolute Gasteiger partial charge is 0.394 e. The van der Waals surface area contributed by atoms with Gasteiger partial charge in [-0.25, -0.2) is 0 Å². The molecule has 1 aliphatic heterocycles. The number of hydrogen-bond acceptors (Lipinski definition) is 9. The third-order valence-corrected chi connectivity index (χ3v) is 14.1. The van der Waals surface area contributed by atoms with Gasteiger partial charge in [0.15, 0.2) is 6.29 Å². The molecule has 1 fully saturated rings. The minimum Gasteiger partial charge on any atom is -0.394 e. The number of carbonyl (C=O) groups is 1. The highest BCUT2D eigenvalue weighted by molar-refractivity contribution is 5.80. The molecule has 68 heavy (non-hydrogen) atoms. The summed E-state index contributed by atoms with van der Waals surface area (Å²) < 4.78 is 11.2. The van der Waals surface area contributed by atoms with E-state index in [1.807, 2.05) is 6.08 Å². The van der Waals surface area contributed by atoms with Crippen molar-refractivity contribution in [2.24, 2.45) is 0 Å². The van der Waals surface area contributed by atoms with Gasteiger partial charge >= 0.3 is 0 Å². The van der Waals surface area contributed by atoms with E-state index in [1.54, 1.807) is 6.08 Å². The average Bonchev–Trinajstić information content (AvgIpc) is 3.34. The lowest BCUT2D eigenvalue weighted by molar-refractivity contribution is -0.302. The molecule has 0 spiro atoms. The molecule has 1 rings (SSSR count). The van der Waals surface area contributed by atoms with Crippen LogP contribution in [-0.2, 0) is 14.3 Å². The average molecular weight is 967 g/mol. The number of rotatable bonds is 50. The molecule has 1 aliphatic rings. The second-order valence-corrected chi connectivity index (χ2v) is 20.6. The summed E-state index contributed by atoms with van der Waals surface area (Å²) >= 11 is 0. The molecule has 0 aromatic carbocycles. The summed E-state index contributed by atoms with van der Waals surface area (Å²) in [7, 11) is 0. The molecule has 7 N–H and O–H groups in total. The third kappa shape index (κ3) is 36.5. The van der Waals surface area contributed by atoms with Crippen LogP contribution < -0.4 is 5.32 Å². The molecular formula is C58H111NO9. The summed E-state index contributed by atoms with van der Waals surface area (Å²) in [5.74, 6) is -0.613. The molecule has 0 saturated carbocycles. The Kier molecular flexibility index (Phi) is 45.6. The zero-order chi connectivity index (χ0) is 49.6. The van der Waals surface area contributed by atoms with Crippen molar-refractivity contribution in [1.29, 1.82) is 0 Å². The van der Waals surface area contributed by atoms with Gasteiger partial charge in [0.05, 0.1) is 25.4 Å². The zero-order valence-electron chi connectivity index (χ0n) is 44.2. The van der Waals surface area contributed by atoms with Gasteiger partial charge in [-0.05, 0) is 44.9 Å². The van der Waals surface area contributed by atoms with Crippen molar-refractivity contribution in [3.63, 3.8) is 0 Å². The van der Waals surface area contributed by atoms with Crippen molar-refractivity contribution in [2.45, 2.75) is 326 Å². The number of nitrogens with one attached hydrogen (secondary N) is 1. The lowest BCUT2D eigenvalue weighted by atomic mass is 9.99. The van der Waals surface area contributed by atoms with Crippen LogP contribution >= 0.6 is 0 Å². The first-order valence-electron chi connectivity index (χ1n) is 29.2. The quantitative estimate of drug-likeness (QED) is 0.0232. The van der Waals surface area contributed by atoms with E-state index in [0.29, 0.717) is 6.42 Å². The van der Waals surface area contributed by atoms with Gasteiger partial charge in [-0.15, -0.1) is 0 Å². The fourth-order valence-electron chi connectivity index (χ4n) is 9.40. The topological polar surface area (TPSA) is 169 Å². The van der Waals surface area contributed by atoms with Crippen LogP contribution in [0.3, 0.4) is 0 Å². The molecule has 1 saturated heterocycles. The zero-order valence-corrected chi connectivity index (χ0v) is 44.2. The van der Waals surface area contributed by atoms with E-state index < -0.39 is 61.5 Å². The van der Waals surface area contributed by atoms with Gasteiger partial charge in [0, 0.05) is 0 Å². The van der Waals surface area contributed by atoms with Crippen molar-refractivity contribution in [3.05, 3.63) is 24.3 Å². The summed E-state index contributed by atoms with van der Waals surface area (Å²) in [5, 5.41) is 65.0. The van der Waals surface area contributed by atoms with E-state index in [-0.39, 0.29) is 6.61 Å². The number of aliphatic hydroxyl groups is 6. The van der Waals surface area contributed by atoms with Gasteiger partial charge in [-0.2, -0.15) is 0 Å². The Morgan fingerprint density at radius 1 is 0.500 bits per heavy atom. The number of hydrogen-bond donors (Lipinski definition) is 7. The smallest absolute Gasteiger partial charge is 0.249 e. The second-order valence-electron chi connectivity index (χ2n) is 20.6. The maximum Gasteiger partial charge on any atom is 0.249 e. The first kappa shape index (κ1) is 64.6. The summed E-state index contributed by atoms with van der Waals surface area (Å²) in [6, 6.07) is -0.978. The van der Waals surface area contributed by atoms with Gasteiger partial charge in [-0.3, -0.25) is 4.79 Å². The van der Waals surface area contributed by atoms with Crippen LogP contribution in [0.4, 0.5) is 0 Å². The highest BCUT2D eigenvalue weighted by Gasteiger charge is 2.44. The van der Waals surface area contributed by atoms with E-state index >= 15 is 0 Å². The van der Waals surface area contributed by atoms with Crippen LogP contribution in [0, 0.1) is 0 Å². The van der Waals surface area contributed by atoms with Crippen LogP contribution in [0.2, 0.25) is 0 Å². The molecule has 0 aliphatic carbocycles. The Labute approximate surface area is 418 Å². The monoisotopic (exact) mass is 966 g/mol. The molecule has 0 aromatic rings. The predicted octanol–water partition coefficient (Wildman–Crippen LogP) is 13.2. The Bertz CT molecular complexity index is 1140. The maximum absolute atomic E-state index is 13.1. The van der Waals surface area contributed by atoms with Gasteiger partial charge in [-0.1, -0.05) is 256 Å². The maximum atomic E-state index is 13.1. The summed E-state index contributed by atoms with van der Waals surface area (Å²) in [4.78, 5) is 13.1. The standard InChI is InChI=1S/C58H111NO9/c1-3-5-7-9-11-13-15-17-19-20-21-22-23-24-25-26-27-28-29-30-31-32-33-35-37-39-41-43-45-47-52(62)57(66)59-50(49-67-58-56(65)55(64)54(63)53(48-60)68-58)51(61)46-44-42-40-38-36-34-18-16-14-12-10-8-6-4-2/h24-25,44,46,50-56,58,60-65H,3-23,26-43,45,47-49H2,1-2H3,(H,59,66)/b25-24-,46-44+. The van der Waals surface area contributed by atoms with E-state index in [0.717, 1.165) is 44.9 Å². The Balaban J connectivity index is 2.20. The van der Waals surface area contributed by atoms with Gasteiger partial charge in [0.1, 0.15) is 30.5 Å². The third-order valence-electron chi connectivity index (χ3n) is 14.1. The highest BCUT2D eigenvalue weighted by Crippen LogP contribution is 2.23. The lowest BCUT2D eigenvalue weighted by Crippen LogP contribution is -2.60. The first-order valence-corrected chi connectivity index (χ1v) is 29.2. The Hall–Kier alpha value is -1.37. The van der Waals surface area contributed by atoms with Crippen molar-refractivity contribution < 1.29 is 44.9 Å². The number of aliphatic hydroxyl groups excluding tert-OH is 6. The summed E-state index contributed by atoms with van der Waals surface area (Å²) in [5.41, 5.74) is 0. The van der Waals surface area contributed by atoms with Gasteiger partial charge in [0.2, 0.25) is 5.91 Å². The molecule has 8 atom stereocenters. The van der Waals surface area contributed by atoms with E-state index in [4.69, 9.17) is 9.47 Å². The molecule has 402 valence electrons. The molecule has 1 amide bonds. The van der Waals surface area contributed by atoms with Crippen LogP contribution in [0.15, 0.2) is 24.3 Å². The van der Waals surface area contributed by atoms with Crippen molar-refractivity contribution >= 4 is 5.91 Å². The normalized spacial score (nSPS) is 20.1. The SMILES string of the molecule is CCCCCCCCCCCCCC/C=C\CCCCCCCCCCCCCCCC(O)C(=O)NC(COC1OC(CO)C(O)C(O)C1O)C(O)/C=C/CCCCCCCCCCCCCC. The molecular weight excluding hydrogens is 855 g/mol. The molecule has 0 bridgehead atoms.